The molecule has 1 N–H and O–H groups in total. The van der Waals surface area contributed by atoms with Gasteiger partial charge in [0.2, 0.25) is 0 Å². The summed E-state index contributed by atoms with van der Waals surface area (Å²) in [7, 11) is 0. The number of ether oxygens (including phenoxy) is 1. The Balaban J connectivity index is 2.33. The third kappa shape index (κ3) is 4.63. The molecule has 1 rings (SSSR count). The number of carbonyl (C=O) groups is 2. The Morgan fingerprint density at radius 1 is 1.47 bits per heavy atom. The fourth-order valence-electron chi connectivity index (χ4n) is 2.07. The number of cyclic esters (lactones) is 1. The molecule has 0 spiro atoms. The molecule has 5 nitrogen and oxygen atoms in total. The first-order valence-corrected chi connectivity index (χ1v) is 6.14. The van der Waals surface area contributed by atoms with Gasteiger partial charge >= 0.3 is 12.1 Å². The average molecular weight is 243 g/mol. The van der Waals surface area contributed by atoms with Crippen molar-refractivity contribution in [1.29, 1.82) is 0 Å². The molecule has 1 saturated heterocycles. The Kier molecular flexibility index (Phi) is 5.25. The molecule has 1 unspecified atom stereocenters. The van der Waals surface area contributed by atoms with Crippen LogP contribution in [0.4, 0.5) is 4.79 Å². The molecule has 0 aromatic heterocycles. The van der Waals surface area contributed by atoms with Crippen LogP contribution in [0.5, 0.6) is 0 Å². The summed E-state index contributed by atoms with van der Waals surface area (Å²) in [4.78, 5) is 23.5. The summed E-state index contributed by atoms with van der Waals surface area (Å²) in [5.74, 6) is 0.0312. The molecule has 1 fully saturated rings. The second-order valence-corrected chi connectivity index (χ2v) is 4.83. The monoisotopic (exact) mass is 243 g/mol. The molecular formula is C12H21NO4. The predicted molar refractivity (Wildman–Crippen MR) is 62.7 cm³/mol. The second kappa shape index (κ2) is 6.47. The van der Waals surface area contributed by atoms with Crippen molar-refractivity contribution in [3.05, 3.63) is 0 Å². The lowest BCUT2D eigenvalue weighted by Gasteiger charge is -2.22. The lowest BCUT2D eigenvalue weighted by atomic mass is 9.88. The zero-order valence-electron chi connectivity index (χ0n) is 10.5. The number of carboxylic acid groups (broad SMARTS) is 1. The van der Waals surface area contributed by atoms with Gasteiger partial charge in [0.15, 0.2) is 0 Å². The van der Waals surface area contributed by atoms with Crippen molar-refractivity contribution < 1.29 is 19.4 Å². The lowest BCUT2D eigenvalue weighted by molar-refractivity contribution is -0.137. The minimum Gasteiger partial charge on any atom is -0.481 e. The smallest absolute Gasteiger partial charge is 0.409 e. The van der Waals surface area contributed by atoms with Crippen molar-refractivity contribution in [1.82, 2.24) is 4.90 Å². The fraction of sp³-hybridized carbons (Fsp3) is 0.833. The van der Waals surface area contributed by atoms with Crippen molar-refractivity contribution in [2.75, 3.05) is 19.7 Å². The van der Waals surface area contributed by atoms with Crippen LogP contribution in [0, 0.1) is 11.8 Å². The molecule has 0 saturated carbocycles. The van der Waals surface area contributed by atoms with Gasteiger partial charge in [-0.25, -0.2) is 4.79 Å². The number of hydrogen-bond acceptors (Lipinski definition) is 3. The van der Waals surface area contributed by atoms with E-state index in [1.54, 1.807) is 4.90 Å². The number of carbonyl (C=O) groups excluding carboxylic acids is 1. The van der Waals surface area contributed by atoms with E-state index in [1.165, 1.54) is 0 Å². The van der Waals surface area contributed by atoms with Gasteiger partial charge in [-0.3, -0.25) is 4.79 Å². The number of amides is 1. The topological polar surface area (TPSA) is 66.8 Å². The fourth-order valence-corrected chi connectivity index (χ4v) is 2.07. The molecule has 1 atom stereocenters. The van der Waals surface area contributed by atoms with Crippen molar-refractivity contribution in [3.8, 4) is 0 Å². The molecule has 17 heavy (non-hydrogen) atoms. The highest BCUT2D eigenvalue weighted by Gasteiger charge is 2.23. The summed E-state index contributed by atoms with van der Waals surface area (Å²) < 4.78 is 4.85. The Morgan fingerprint density at radius 3 is 2.65 bits per heavy atom. The summed E-state index contributed by atoms with van der Waals surface area (Å²) in [6.07, 6.45) is 1.48. The van der Waals surface area contributed by atoms with Gasteiger partial charge < -0.3 is 14.7 Å². The lowest BCUT2D eigenvalue weighted by Crippen LogP contribution is -2.28. The van der Waals surface area contributed by atoms with E-state index in [9.17, 15) is 9.59 Å². The average Bonchev–Trinajstić information content (AvgIpc) is 2.63. The second-order valence-electron chi connectivity index (χ2n) is 4.83. The van der Waals surface area contributed by atoms with Crippen LogP contribution in [-0.2, 0) is 9.53 Å². The zero-order chi connectivity index (χ0) is 12.8. The van der Waals surface area contributed by atoms with Crippen molar-refractivity contribution >= 4 is 12.1 Å². The highest BCUT2D eigenvalue weighted by Crippen LogP contribution is 2.22. The normalized spacial score (nSPS) is 17.4. The maximum atomic E-state index is 11.2. The Labute approximate surface area is 102 Å². The summed E-state index contributed by atoms with van der Waals surface area (Å²) in [6, 6.07) is 0. The van der Waals surface area contributed by atoms with E-state index in [1.807, 2.05) is 0 Å². The van der Waals surface area contributed by atoms with E-state index in [2.05, 4.69) is 13.8 Å². The minimum atomic E-state index is -0.753. The zero-order valence-corrected chi connectivity index (χ0v) is 10.5. The first-order chi connectivity index (χ1) is 8.00. The molecule has 1 aliphatic heterocycles. The Morgan fingerprint density at radius 2 is 2.18 bits per heavy atom. The van der Waals surface area contributed by atoms with Gasteiger partial charge in [0.05, 0.1) is 6.54 Å². The number of hydrogen-bond donors (Lipinski definition) is 1. The predicted octanol–water partition coefficient (Wildman–Crippen LogP) is 1.97. The maximum absolute atomic E-state index is 11.2. The van der Waals surface area contributed by atoms with Crippen molar-refractivity contribution in [3.63, 3.8) is 0 Å². The minimum absolute atomic E-state index is 0.202. The summed E-state index contributed by atoms with van der Waals surface area (Å²) in [5.41, 5.74) is 0. The third-order valence-electron chi connectivity index (χ3n) is 3.29. The van der Waals surface area contributed by atoms with Crippen LogP contribution in [0.15, 0.2) is 0 Å². The molecule has 5 heteroatoms. The van der Waals surface area contributed by atoms with Gasteiger partial charge in [0.25, 0.3) is 0 Å². The van der Waals surface area contributed by atoms with E-state index < -0.39 is 5.97 Å². The molecule has 0 aromatic rings. The number of carboxylic acids is 1. The van der Waals surface area contributed by atoms with Crippen LogP contribution in [0.3, 0.4) is 0 Å². The molecule has 1 heterocycles. The molecular weight excluding hydrogens is 222 g/mol. The van der Waals surface area contributed by atoms with Crippen LogP contribution in [0.2, 0.25) is 0 Å². The molecule has 0 radical (unpaired) electrons. The maximum Gasteiger partial charge on any atom is 0.409 e. The largest absolute Gasteiger partial charge is 0.481 e. The highest BCUT2D eigenvalue weighted by atomic mass is 16.6. The van der Waals surface area contributed by atoms with Crippen LogP contribution in [-0.4, -0.2) is 41.8 Å². The first kappa shape index (κ1) is 13.8. The van der Waals surface area contributed by atoms with Gasteiger partial charge in [0, 0.05) is 13.0 Å². The van der Waals surface area contributed by atoms with Crippen LogP contribution >= 0.6 is 0 Å². The van der Waals surface area contributed by atoms with Gasteiger partial charge in [-0.2, -0.15) is 0 Å². The molecule has 1 amide bonds. The third-order valence-corrected chi connectivity index (χ3v) is 3.29. The molecule has 0 aromatic carbocycles. The summed E-state index contributed by atoms with van der Waals surface area (Å²) in [5, 5.41) is 8.68. The van der Waals surface area contributed by atoms with E-state index in [4.69, 9.17) is 9.84 Å². The van der Waals surface area contributed by atoms with Gasteiger partial charge in [-0.1, -0.05) is 13.8 Å². The summed E-state index contributed by atoms with van der Waals surface area (Å²) >= 11 is 0. The molecule has 0 aliphatic carbocycles. The van der Waals surface area contributed by atoms with Gasteiger partial charge in [-0.05, 0) is 24.7 Å². The molecule has 98 valence electrons. The first-order valence-electron chi connectivity index (χ1n) is 6.14. The number of rotatable bonds is 7. The van der Waals surface area contributed by atoms with E-state index in [0.29, 0.717) is 38.0 Å². The van der Waals surface area contributed by atoms with Gasteiger partial charge in [0.1, 0.15) is 6.61 Å². The van der Waals surface area contributed by atoms with Crippen LogP contribution in [0.25, 0.3) is 0 Å². The molecule has 0 bridgehead atoms. The van der Waals surface area contributed by atoms with Crippen molar-refractivity contribution in [2.24, 2.45) is 11.8 Å². The number of aliphatic carboxylic acids is 1. The Hall–Kier alpha value is -1.26. The summed E-state index contributed by atoms with van der Waals surface area (Å²) in [6.45, 7) is 5.98. The molecule has 1 aliphatic rings. The highest BCUT2D eigenvalue weighted by molar-refractivity contribution is 5.69. The van der Waals surface area contributed by atoms with Crippen LogP contribution in [0.1, 0.15) is 33.1 Å². The van der Waals surface area contributed by atoms with E-state index >= 15 is 0 Å². The van der Waals surface area contributed by atoms with Crippen LogP contribution < -0.4 is 0 Å². The van der Waals surface area contributed by atoms with Crippen molar-refractivity contribution in [2.45, 2.75) is 33.1 Å². The quantitative estimate of drug-likeness (QED) is 0.742. The Bertz CT molecular complexity index is 278. The van der Waals surface area contributed by atoms with Gasteiger partial charge in [-0.15, -0.1) is 0 Å². The SMILES string of the molecule is CC(C)C(CCC(=O)O)CCN1CCOC1=O. The standard InChI is InChI=1S/C12H21NO4/c1-9(2)10(3-4-11(14)15)5-6-13-7-8-17-12(13)16/h9-10H,3-8H2,1-2H3,(H,14,15). The number of nitrogens with zero attached hydrogens (tertiary/aromatic N) is 1. The van der Waals surface area contributed by atoms with E-state index in [0.717, 1.165) is 6.42 Å². The van der Waals surface area contributed by atoms with E-state index in [-0.39, 0.29) is 12.5 Å².